The molecule has 0 radical (unpaired) electrons. The Kier molecular flexibility index (Phi) is 4.98. The molecule has 0 saturated heterocycles. The summed E-state index contributed by atoms with van der Waals surface area (Å²) in [7, 11) is 1.57. The minimum atomic E-state index is -4.45. The first kappa shape index (κ1) is 16.9. The molecule has 0 aliphatic heterocycles. The summed E-state index contributed by atoms with van der Waals surface area (Å²) in [6.45, 7) is 1.42. The average Bonchev–Trinajstić information content (AvgIpc) is 3.05. The molecule has 23 heavy (non-hydrogen) atoms. The van der Waals surface area contributed by atoms with Crippen LogP contribution in [0.4, 0.5) is 13.2 Å². The summed E-state index contributed by atoms with van der Waals surface area (Å²) in [5.41, 5.74) is -0.820. The van der Waals surface area contributed by atoms with Gasteiger partial charge in [0.15, 0.2) is 6.61 Å². The molecule has 1 unspecified atom stereocenters. The van der Waals surface area contributed by atoms with Gasteiger partial charge in [0.25, 0.3) is 5.91 Å². The number of carbonyl (C=O) groups excluding carboxylic acids is 1. The smallest absolute Gasteiger partial charge is 0.416 e. The predicted molar refractivity (Wildman–Crippen MR) is 76.8 cm³/mol. The molecule has 2 aromatic rings. The molecule has 0 N–H and O–H groups in total. The summed E-state index contributed by atoms with van der Waals surface area (Å²) in [5, 5.41) is 0. The molecule has 4 nitrogen and oxygen atoms in total. The van der Waals surface area contributed by atoms with Crippen molar-refractivity contribution < 1.29 is 27.1 Å². The van der Waals surface area contributed by atoms with Crippen LogP contribution in [0.1, 0.15) is 24.3 Å². The Bertz CT molecular complexity index is 653. The van der Waals surface area contributed by atoms with E-state index in [0.717, 1.165) is 12.1 Å². The SMILES string of the molecule is CC(c1ccco1)N(C)C(=O)COc1cccc(C(F)(F)F)c1. The molecule has 2 rings (SSSR count). The molecule has 0 aliphatic carbocycles. The van der Waals surface area contributed by atoms with Gasteiger partial charge in [0, 0.05) is 7.05 Å². The van der Waals surface area contributed by atoms with Gasteiger partial charge in [-0.2, -0.15) is 13.2 Å². The van der Waals surface area contributed by atoms with Gasteiger partial charge in [-0.05, 0) is 37.3 Å². The van der Waals surface area contributed by atoms with Crippen LogP contribution in [-0.2, 0) is 11.0 Å². The van der Waals surface area contributed by atoms with Gasteiger partial charge in [-0.25, -0.2) is 0 Å². The van der Waals surface area contributed by atoms with Crippen LogP contribution in [0, 0.1) is 0 Å². The van der Waals surface area contributed by atoms with Crippen molar-refractivity contribution in [2.45, 2.75) is 19.1 Å². The van der Waals surface area contributed by atoms with E-state index in [1.54, 1.807) is 26.1 Å². The summed E-state index contributed by atoms with van der Waals surface area (Å²) in [6.07, 6.45) is -2.95. The van der Waals surface area contributed by atoms with Crippen LogP contribution < -0.4 is 4.74 Å². The molecule has 0 bridgehead atoms. The summed E-state index contributed by atoms with van der Waals surface area (Å²) in [6, 6.07) is 7.56. The maximum absolute atomic E-state index is 12.6. The van der Waals surface area contributed by atoms with Crippen molar-refractivity contribution in [1.29, 1.82) is 0 Å². The molecule has 1 aromatic heterocycles. The number of amides is 1. The summed E-state index contributed by atoms with van der Waals surface area (Å²) in [5.74, 6) is 0.235. The minimum Gasteiger partial charge on any atom is -0.484 e. The first-order valence-corrected chi connectivity index (χ1v) is 6.88. The van der Waals surface area contributed by atoms with E-state index >= 15 is 0 Å². The molecule has 0 fully saturated rings. The van der Waals surface area contributed by atoms with Crippen LogP contribution in [0.5, 0.6) is 5.75 Å². The normalized spacial score (nSPS) is 12.7. The fourth-order valence-corrected chi connectivity index (χ4v) is 1.94. The number of hydrogen-bond donors (Lipinski definition) is 0. The van der Waals surface area contributed by atoms with Crippen molar-refractivity contribution in [3.05, 3.63) is 54.0 Å². The van der Waals surface area contributed by atoms with Crippen molar-refractivity contribution >= 4 is 5.91 Å². The summed E-state index contributed by atoms with van der Waals surface area (Å²) in [4.78, 5) is 13.5. The number of carbonyl (C=O) groups is 1. The monoisotopic (exact) mass is 327 g/mol. The second kappa shape index (κ2) is 6.76. The molecule has 1 atom stereocenters. The second-order valence-electron chi connectivity index (χ2n) is 5.01. The Morgan fingerprint density at radius 3 is 2.65 bits per heavy atom. The Labute approximate surface area is 131 Å². The number of alkyl halides is 3. The van der Waals surface area contributed by atoms with Crippen LogP contribution in [0.2, 0.25) is 0 Å². The van der Waals surface area contributed by atoms with Crippen LogP contribution in [0.25, 0.3) is 0 Å². The zero-order chi connectivity index (χ0) is 17.0. The van der Waals surface area contributed by atoms with Gasteiger partial charge in [0.1, 0.15) is 11.5 Å². The highest BCUT2D eigenvalue weighted by molar-refractivity contribution is 5.77. The van der Waals surface area contributed by atoms with Gasteiger partial charge in [0.2, 0.25) is 0 Å². The Balaban J connectivity index is 1.96. The molecular formula is C16H16F3NO3. The molecule has 1 aromatic carbocycles. The summed E-state index contributed by atoms with van der Waals surface area (Å²) < 4.78 is 48.2. The van der Waals surface area contributed by atoms with E-state index in [4.69, 9.17) is 9.15 Å². The lowest BCUT2D eigenvalue weighted by Gasteiger charge is -2.23. The van der Waals surface area contributed by atoms with Crippen LogP contribution in [0.15, 0.2) is 47.1 Å². The van der Waals surface area contributed by atoms with Gasteiger partial charge in [-0.1, -0.05) is 6.07 Å². The number of likely N-dealkylation sites (N-methyl/N-ethyl adjacent to an activating group) is 1. The third kappa shape index (κ3) is 4.28. The third-order valence-electron chi connectivity index (χ3n) is 3.45. The fourth-order valence-electron chi connectivity index (χ4n) is 1.94. The maximum Gasteiger partial charge on any atom is 0.416 e. The number of ether oxygens (including phenoxy) is 1. The highest BCUT2D eigenvalue weighted by Gasteiger charge is 2.30. The van der Waals surface area contributed by atoms with E-state index in [-0.39, 0.29) is 24.3 Å². The van der Waals surface area contributed by atoms with Crippen molar-refractivity contribution in [3.63, 3.8) is 0 Å². The molecule has 1 amide bonds. The van der Waals surface area contributed by atoms with Crippen LogP contribution >= 0.6 is 0 Å². The fraction of sp³-hybridized carbons (Fsp3) is 0.312. The molecular weight excluding hydrogens is 311 g/mol. The topological polar surface area (TPSA) is 42.7 Å². The largest absolute Gasteiger partial charge is 0.484 e. The van der Waals surface area contributed by atoms with E-state index in [1.807, 2.05) is 0 Å². The number of hydrogen-bond acceptors (Lipinski definition) is 3. The minimum absolute atomic E-state index is 0.00720. The molecule has 7 heteroatoms. The second-order valence-corrected chi connectivity index (χ2v) is 5.01. The lowest BCUT2D eigenvalue weighted by Crippen LogP contribution is -2.33. The van der Waals surface area contributed by atoms with E-state index in [1.165, 1.54) is 23.3 Å². The standard InChI is InChI=1S/C16H16F3NO3/c1-11(14-7-4-8-22-14)20(2)15(21)10-23-13-6-3-5-12(9-13)16(17,18)19/h3-9,11H,10H2,1-2H3. The first-order chi connectivity index (χ1) is 10.8. The highest BCUT2D eigenvalue weighted by atomic mass is 19.4. The number of benzene rings is 1. The molecule has 0 saturated carbocycles. The quantitative estimate of drug-likeness (QED) is 0.836. The van der Waals surface area contributed by atoms with Gasteiger partial charge >= 0.3 is 6.18 Å². The lowest BCUT2D eigenvalue weighted by molar-refractivity contribution is -0.137. The van der Waals surface area contributed by atoms with Crippen molar-refractivity contribution in [2.75, 3.05) is 13.7 Å². The molecule has 0 spiro atoms. The van der Waals surface area contributed by atoms with E-state index in [2.05, 4.69) is 0 Å². The molecule has 1 heterocycles. The van der Waals surface area contributed by atoms with Gasteiger partial charge in [0.05, 0.1) is 17.9 Å². The zero-order valence-corrected chi connectivity index (χ0v) is 12.6. The van der Waals surface area contributed by atoms with Gasteiger partial charge < -0.3 is 14.1 Å². The Morgan fingerprint density at radius 1 is 1.30 bits per heavy atom. The van der Waals surface area contributed by atoms with Crippen molar-refractivity contribution in [3.8, 4) is 5.75 Å². The van der Waals surface area contributed by atoms with E-state index in [0.29, 0.717) is 5.76 Å². The van der Waals surface area contributed by atoms with Gasteiger partial charge in [-0.3, -0.25) is 4.79 Å². The third-order valence-corrected chi connectivity index (χ3v) is 3.45. The van der Waals surface area contributed by atoms with E-state index in [9.17, 15) is 18.0 Å². The lowest BCUT2D eigenvalue weighted by atomic mass is 10.2. The Morgan fingerprint density at radius 2 is 2.04 bits per heavy atom. The van der Waals surface area contributed by atoms with Crippen molar-refractivity contribution in [1.82, 2.24) is 4.90 Å². The Hall–Kier alpha value is -2.44. The number of furan rings is 1. The average molecular weight is 327 g/mol. The first-order valence-electron chi connectivity index (χ1n) is 6.88. The van der Waals surface area contributed by atoms with Crippen LogP contribution in [0.3, 0.4) is 0 Å². The highest BCUT2D eigenvalue weighted by Crippen LogP contribution is 2.31. The number of rotatable bonds is 5. The van der Waals surface area contributed by atoms with E-state index < -0.39 is 11.7 Å². The van der Waals surface area contributed by atoms with Crippen molar-refractivity contribution in [2.24, 2.45) is 0 Å². The zero-order valence-electron chi connectivity index (χ0n) is 12.6. The van der Waals surface area contributed by atoms with Crippen LogP contribution in [-0.4, -0.2) is 24.5 Å². The van der Waals surface area contributed by atoms with Gasteiger partial charge in [-0.15, -0.1) is 0 Å². The predicted octanol–water partition coefficient (Wildman–Crippen LogP) is 3.90. The number of nitrogens with zero attached hydrogens (tertiary/aromatic N) is 1. The molecule has 0 aliphatic rings. The summed E-state index contributed by atoms with van der Waals surface area (Å²) >= 11 is 0. The molecule has 124 valence electrons. The maximum atomic E-state index is 12.6. The number of halogens is 3.